The minimum atomic E-state index is -0.419. The Morgan fingerprint density at radius 2 is 1.97 bits per heavy atom. The molecule has 34 heavy (non-hydrogen) atoms. The van der Waals surface area contributed by atoms with Gasteiger partial charge in [0.05, 0.1) is 24.2 Å². The largest absolute Gasteiger partial charge is 0.355 e. The zero-order valence-corrected chi connectivity index (χ0v) is 20.7. The molecular weight excluding hydrogens is 427 g/mol. The van der Waals surface area contributed by atoms with E-state index in [0.717, 1.165) is 55.2 Å². The van der Waals surface area contributed by atoms with Gasteiger partial charge in [0.2, 0.25) is 5.95 Å². The van der Waals surface area contributed by atoms with E-state index in [1.165, 1.54) is 23.0 Å². The van der Waals surface area contributed by atoms with Gasteiger partial charge in [0.15, 0.2) is 5.82 Å². The van der Waals surface area contributed by atoms with Crippen molar-refractivity contribution in [2.75, 3.05) is 41.9 Å². The summed E-state index contributed by atoms with van der Waals surface area (Å²) < 4.78 is 14.9. The maximum atomic E-state index is 14.9. The van der Waals surface area contributed by atoms with Crippen LogP contribution in [0.2, 0.25) is 0 Å². The summed E-state index contributed by atoms with van der Waals surface area (Å²) >= 11 is 0. The summed E-state index contributed by atoms with van der Waals surface area (Å²) in [5.74, 6) is -0.0178. The van der Waals surface area contributed by atoms with Gasteiger partial charge in [0, 0.05) is 37.4 Å². The van der Waals surface area contributed by atoms with Crippen LogP contribution in [0, 0.1) is 12.7 Å². The van der Waals surface area contributed by atoms with Crippen LogP contribution in [0.1, 0.15) is 37.5 Å². The summed E-state index contributed by atoms with van der Waals surface area (Å²) in [7, 11) is 2.10. The highest BCUT2D eigenvalue weighted by atomic mass is 19.1. The van der Waals surface area contributed by atoms with Gasteiger partial charge in [0.1, 0.15) is 5.69 Å². The maximum absolute atomic E-state index is 14.9. The summed E-state index contributed by atoms with van der Waals surface area (Å²) in [4.78, 5) is 15.8. The van der Waals surface area contributed by atoms with Crippen LogP contribution < -0.4 is 15.1 Å². The predicted octanol–water partition coefficient (Wildman–Crippen LogP) is 5.33. The lowest BCUT2D eigenvalue weighted by molar-refractivity contribution is 0.268. The fourth-order valence-electron chi connectivity index (χ4n) is 5.15. The third kappa shape index (κ3) is 4.09. The highest BCUT2D eigenvalue weighted by molar-refractivity contribution is 5.84. The van der Waals surface area contributed by atoms with Gasteiger partial charge in [-0.15, -0.1) is 0 Å². The Morgan fingerprint density at radius 1 is 1.15 bits per heavy atom. The minimum absolute atomic E-state index is 0.318. The molecular formula is C27H33FN6. The normalized spacial score (nSPS) is 15.6. The van der Waals surface area contributed by atoms with Gasteiger partial charge in [-0.1, -0.05) is 13.0 Å². The van der Waals surface area contributed by atoms with Crippen LogP contribution in [-0.2, 0) is 13.0 Å². The molecule has 5 rings (SSSR count). The number of hydrogen-bond acceptors (Lipinski definition) is 6. The Kier molecular flexibility index (Phi) is 5.90. The second-order valence-electron chi connectivity index (χ2n) is 9.68. The topological polar surface area (TPSA) is 47.5 Å². The van der Waals surface area contributed by atoms with Crippen molar-refractivity contribution in [3.8, 4) is 11.3 Å². The van der Waals surface area contributed by atoms with E-state index in [2.05, 4.69) is 89.0 Å². The first-order chi connectivity index (χ1) is 16.3. The summed E-state index contributed by atoms with van der Waals surface area (Å²) in [6.07, 6.45) is 2.29. The zero-order valence-electron chi connectivity index (χ0n) is 20.7. The second kappa shape index (κ2) is 8.87. The Labute approximate surface area is 201 Å². The maximum Gasteiger partial charge on any atom is 0.227 e. The number of nitrogens with zero attached hydrogens (tertiary/aromatic N) is 5. The SMILES string of the molecule is CCN1CCc2cc(Nc3ncc(F)c(-c4cc(C)c5c(c4)N(C(C)C)CN5C)n3)ccc2C1. The number of aryl methyl sites for hydroxylation is 1. The average Bonchev–Trinajstić information content (AvgIpc) is 3.17. The van der Waals surface area contributed by atoms with Crippen molar-refractivity contribution >= 4 is 23.0 Å². The minimum Gasteiger partial charge on any atom is -0.355 e. The molecule has 0 atom stereocenters. The molecule has 0 spiro atoms. The molecule has 3 heterocycles. The molecule has 6 nitrogen and oxygen atoms in total. The van der Waals surface area contributed by atoms with Crippen molar-refractivity contribution in [1.82, 2.24) is 14.9 Å². The Hall–Kier alpha value is -3.19. The summed E-state index contributed by atoms with van der Waals surface area (Å²) in [5.41, 5.74) is 8.16. The fraction of sp³-hybridized carbons (Fsp3) is 0.407. The Bertz CT molecular complexity index is 1220. The third-order valence-electron chi connectivity index (χ3n) is 6.98. The molecule has 178 valence electrons. The van der Waals surface area contributed by atoms with E-state index in [1.807, 2.05) is 6.07 Å². The fourth-order valence-corrected chi connectivity index (χ4v) is 5.15. The van der Waals surface area contributed by atoms with E-state index in [1.54, 1.807) is 0 Å². The van der Waals surface area contributed by atoms with Gasteiger partial charge >= 0.3 is 0 Å². The molecule has 0 radical (unpaired) electrons. The van der Waals surface area contributed by atoms with Gasteiger partial charge in [-0.25, -0.2) is 14.4 Å². The summed E-state index contributed by atoms with van der Waals surface area (Å²) in [6, 6.07) is 10.8. The standard InChI is InChI=1S/C27H33FN6/c1-6-33-10-9-19-12-22(8-7-20(19)15-33)30-27-29-14-23(28)25(31-27)21-11-18(4)26-24(13-21)34(17(2)3)16-32(26)5/h7-8,11-14,17H,6,9-10,15-16H2,1-5H3,(H,29,30,31). The third-order valence-corrected chi connectivity index (χ3v) is 6.98. The number of likely N-dealkylation sites (N-methyl/N-ethyl adjacent to an activating group) is 1. The van der Waals surface area contributed by atoms with Crippen LogP contribution in [0.5, 0.6) is 0 Å². The number of anilines is 4. The van der Waals surface area contributed by atoms with E-state index < -0.39 is 5.82 Å². The van der Waals surface area contributed by atoms with Crippen molar-refractivity contribution in [2.24, 2.45) is 0 Å². The van der Waals surface area contributed by atoms with Gasteiger partial charge < -0.3 is 15.1 Å². The van der Waals surface area contributed by atoms with Gasteiger partial charge in [-0.3, -0.25) is 4.90 Å². The van der Waals surface area contributed by atoms with Crippen LogP contribution in [0.25, 0.3) is 11.3 Å². The number of rotatable bonds is 5. The highest BCUT2D eigenvalue weighted by Crippen LogP contribution is 2.42. The Balaban J connectivity index is 1.46. The molecule has 0 bridgehead atoms. The van der Waals surface area contributed by atoms with Gasteiger partial charge in [0.25, 0.3) is 0 Å². The highest BCUT2D eigenvalue weighted by Gasteiger charge is 2.28. The van der Waals surface area contributed by atoms with Crippen LogP contribution in [-0.4, -0.2) is 47.7 Å². The lowest BCUT2D eigenvalue weighted by Gasteiger charge is -2.27. The zero-order chi connectivity index (χ0) is 24.0. The quantitative estimate of drug-likeness (QED) is 0.555. The van der Waals surface area contributed by atoms with E-state index in [4.69, 9.17) is 0 Å². The number of hydrogen-bond donors (Lipinski definition) is 1. The molecule has 0 fully saturated rings. The first-order valence-corrected chi connectivity index (χ1v) is 12.1. The molecule has 2 aromatic carbocycles. The van der Waals surface area contributed by atoms with Gasteiger partial charge in [-0.2, -0.15) is 0 Å². The summed E-state index contributed by atoms with van der Waals surface area (Å²) in [5, 5.41) is 3.30. The average molecular weight is 461 g/mol. The van der Waals surface area contributed by atoms with E-state index in [-0.39, 0.29) is 0 Å². The molecule has 7 heteroatoms. The molecule has 1 aromatic heterocycles. The monoisotopic (exact) mass is 460 g/mol. The van der Waals surface area contributed by atoms with Crippen LogP contribution in [0.4, 0.5) is 27.4 Å². The van der Waals surface area contributed by atoms with Crippen LogP contribution in [0.15, 0.2) is 36.5 Å². The molecule has 1 N–H and O–H groups in total. The van der Waals surface area contributed by atoms with Crippen molar-refractivity contribution in [2.45, 2.75) is 46.7 Å². The Morgan fingerprint density at radius 3 is 2.74 bits per heavy atom. The predicted molar refractivity (Wildman–Crippen MR) is 137 cm³/mol. The molecule has 0 saturated carbocycles. The first-order valence-electron chi connectivity index (χ1n) is 12.1. The molecule has 3 aromatic rings. The van der Waals surface area contributed by atoms with E-state index >= 15 is 0 Å². The number of nitrogens with one attached hydrogen (secondary N) is 1. The number of aromatic nitrogens is 2. The second-order valence-corrected chi connectivity index (χ2v) is 9.68. The molecule has 2 aliphatic heterocycles. The lowest BCUT2D eigenvalue weighted by Crippen LogP contribution is -2.33. The first kappa shape index (κ1) is 22.6. The van der Waals surface area contributed by atoms with Crippen molar-refractivity contribution in [3.05, 3.63) is 59.0 Å². The summed E-state index contributed by atoms with van der Waals surface area (Å²) in [6.45, 7) is 12.6. The van der Waals surface area contributed by atoms with E-state index in [0.29, 0.717) is 17.7 Å². The molecule has 0 aliphatic carbocycles. The molecule has 0 saturated heterocycles. The van der Waals surface area contributed by atoms with Gasteiger partial charge in [-0.05, 0) is 74.7 Å². The molecule has 2 aliphatic rings. The lowest BCUT2D eigenvalue weighted by atomic mass is 9.99. The van der Waals surface area contributed by atoms with Crippen molar-refractivity contribution < 1.29 is 4.39 Å². The van der Waals surface area contributed by atoms with Crippen LogP contribution in [0.3, 0.4) is 0 Å². The number of benzene rings is 2. The number of halogens is 1. The number of fused-ring (bicyclic) bond motifs is 2. The van der Waals surface area contributed by atoms with E-state index in [9.17, 15) is 4.39 Å². The van der Waals surface area contributed by atoms with Crippen molar-refractivity contribution in [1.29, 1.82) is 0 Å². The van der Waals surface area contributed by atoms with Crippen LogP contribution >= 0.6 is 0 Å². The molecule has 0 amide bonds. The van der Waals surface area contributed by atoms with Crippen molar-refractivity contribution in [3.63, 3.8) is 0 Å². The molecule has 0 unspecified atom stereocenters. The smallest absolute Gasteiger partial charge is 0.227 e.